The molecule has 3 heterocycles. The van der Waals surface area contributed by atoms with Gasteiger partial charge in [0.25, 0.3) is 0 Å². The van der Waals surface area contributed by atoms with Crippen molar-refractivity contribution in [3.8, 4) is 5.69 Å². The van der Waals surface area contributed by atoms with Crippen LogP contribution in [0.1, 0.15) is 47.6 Å². The van der Waals surface area contributed by atoms with E-state index in [2.05, 4.69) is 63.9 Å². The standard InChI is InChI=1S/C25H28N4O2S/c1-17-16-20(18(2)29(17)19-10-5-4-6-11-19)24-23(21-12-7-8-14-26-21)27-25(32)28(24)15-9-13-22(30)31-3/h4-8,10-12,14,16,23-24H,9,13,15H2,1-3H3,(H,27,32)/t23-,24-/m0/s1. The van der Waals surface area contributed by atoms with Crippen molar-refractivity contribution in [2.75, 3.05) is 13.7 Å². The molecule has 0 radical (unpaired) electrons. The van der Waals surface area contributed by atoms with Crippen LogP contribution in [-0.2, 0) is 9.53 Å². The minimum atomic E-state index is -0.205. The molecule has 1 fully saturated rings. The largest absolute Gasteiger partial charge is 0.469 e. The Labute approximate surface area is 194 Å². The lowest BCUT2D eigenvalue weighted by molar-refractivity contribution is -0.140. The summed E-state index contributed by atoms with van der Waals surface area (Å²) < 4.78 is 7.09. The smallest absolute Gasteiger partial charge is 0.305 e. The van der Waals surface area contributed by atoms with E-state index in [-0.39, 0.29) is 18.1 Å². The van der Waals surface area contributed by atoms with Crippen LogP contribution in [0.3, 0.4) is 0 Å². The first-order valence-electron chi connectivity index (χ1n) is 10.8. The summed E-state index contributed by atoms with van der Waals surface area (Å²) in [5, 5.41) is 4.17. The molecular weight excluding hydrogens is 420 g/mol. The van der Waals surface area contributed by atoms with Gasteiger partial charge in [-0.1, -0.05) is 24.3 Å². The van der Waals surface area contributed by atoms with Gasteiger partial charge >= 0.3 is 5.97 Å². The summed E-state index contributed by atoms with van der Waals surface area (Å²) >= 11 is 5.74. The molecule has 166 valence electrons. The summed E-state index contributed by atoms with van der Waals surface area (Å²) in [6, 6.07) is 18.4. The number of para-hydroxylation sites is 1. The number of benzene rings is 1. The minimum absolute atomic E-state index is 0.0290. The first kappa shape index (κ1) is 22.0. The summed E-state index contributed by atoms with van der Waals surface area (Å²) in [7, 11) is 1.42. The number of esters is 1. The number of nitrogens with one attached hydrogen (secondary N) is 1. The summed E-state index contributed by atoms with van der Waals surface area (Å²) in [6.07, 6.45) is 2.83. The number of aromatic nitrogens is 2. The zero-order valence-corrected chi connectivity index (χ0v) is 19.4. The summed E-state index contributed by atoms with van der Waals surface area (Å²) in [6.45, 7) is 4.93. The van der Waals surface area contributed by atoms with Crippen LogP contribution < -0.4 is 5.32 Å². The molecule has 7 heteroatoms. The van der Waals surface area contributed by atoms with Crippen LogP contribution in [0.25, 0.3) is 5.69 Å². The van der Waals surface area contributed by atoms with Crippen molar-refractivity contribution >= 4 is 23.3 Å². The van der Waals surface area contributed by atoms with Crippen molar-refractivity contribution in [2.24, 2.45) is 0 Å². The number of carbonyl (C=O) groups is 1. The highest BCUT2D eigenvalue weighted by atomic mass is 32.1. The molecule has 0 aliphatic carbocycles. The van der Waals surface area contributed by atoms with E-state index >= 15 is 0 Å². The van der Waals surface area contributed by atoms with Crippen molar-refractivity contribution in [3.05, 3.63) is 83.4 Å². The minimum Gasteiger partial charge on any atom is -0.469 e. The van der Waals surface area contributed by atoms with E-state index < -0.39 is 0 Å². The van der Waals surface area contributed by atoms with Crippen LogP contribution >= 0.6 is 12.2 Å². The quantitative estimate of drug-likeness (QED) is 0.427. The highest BCUT2D eigenvalue weighted by Gasteiger charge is 2.41. The van der Waals surface area contributed by atoms with E-state index in [9.17, 15) is 4.79 Å². The van der Waals surface area contributed by atoms with Gasteiger partial charge in [0, 0.05) is 36.2 Å². The van der Waals surface area contributed by atoms with Crippen LogP contribution in [0, 0.1) is 13.8 Å². The van der Waals surface area contributed by atoms with Gasteiger partial charge in [-0.05, 0) is 68.4 Å². The molecule has 1 saturated heterocycles. The fourth-order valence-corrected chi connectivity index (χ4v) is 4.87. The maximum atomic E-state index is 11.7. The molecule has 0 unspecified atom stereocenters. The van der Waals surface area contributed by atoms with E-state index in [0.717, 1.165) is 17.1 Å². The van der Waals surface area contributed by atoms with Gasteiger partial charge in [0.1, 0.15) is 0 Å². The lowest BCUT2D eigenvalue weighted by Crippen LogP contribution is -2.31. The van der Waals surface area contributed by atoms with Crippen LogP contribution in [0.4, 0.5) is 0 Å². The van der Waals surface area contributed by atoms with Gasteiger partial charge in [-0.15, -0.1) is 0 Å². The molecule has 6 nitrogen and oxygen atoms in total. The normalized spacial score (nSPS) is 18.0. The molecule has 3 aromatic rings. The fourth-order valence-electron chi connectivity index (χ4n) is 4.54. The second-order valence-corrected chi connectivity index (χ2v) is 8.38. The van der Waals surface area contributed by atoms with Gasteiger partial charge in [0.15, 0.2) is 5.11 Å². The van der Waals surface area contributed by atoms with Gasteiger partial charge in [0.05, 0.1) is 24.9 Å². The number of methoxy groups -OCH3 is 1. The number of hydrogen-bond donors (Lipinski definition) is 1. The predicted octanol–water partition coefficient (Wildman–Crippen LogP) is 4.41. The van der Waals surface area contributed by atoms with Gasteiger partial charge in [-0.3, -0.25) is 9.78 Å². The van der Waals surface area contributed by atoms with Crippen LogP contribution in [0.2, 0.25) is 0 Å². The van der Waals surface area contributed by atoms with Crippen molar-refractivity contribution in [3.63, 3.8) is 0 Å². The van der Waals surface area contributed by atoms with E-state index in [1.165, 1.54) is 18.4 Å². The van der Waals surface area contributed by atoms with Crippen LogP contribution in [0.5, 0.6) is 0 Å². The Balaban J connectivity index is 1.74. The maximum absolute atomic E-state index is 11.7. The van der Waals surface area contributed by atoms with Gasteiger partial charge in [-0.25, -0.2) is 0 Å². The second-order valence-electron chi connectivity index (χ2n) is 8.00. The average Bonchev–Trinajstić information content (AvgIpc) is 3.29. The Bertz CT molecular complexity index is 1100. The highest BCUT2D eigenvalue weighted by Crippen LogP contribution is 2.41. The SMILES string of the molecule is COC(=O)CCCN1C(=S)N[C@@H](c2ccccn2)[C@@H]1c1cc(C)n(-c2ccccc2)c1C. The summed E-state index contributed by atoms with van der Waals surface area (Å²) in [5.41, 5.74) is 5.61. The zero-order valence-electron chi connectivity index (χ0n) is 18.6. The molecule has 0 bridgehead atoms. The molecule has 1 aromatic carbocycles. The van der Waals surface area contributed by atoms with E-state index in [1.807, 2.05) is 30.5 Å². The first-order valence-corrected chi connectivity index (χ1v) is 11.2. The average molecular weight is 449 g/mol. The van der Waals surface area contributed by atoms with Crippen molar-refractivity contribution < 1.29 is 9.53 Å². The number of pyridine rings is 1. The molecule has 1 aliphatic heterocycles. The lowest BCUT2D eigenvalue weighted by Gasteiger charge is -2.28. The maximum Gasteiger partial charge on any atom is 0.305 e. The van der Waals surface area contributed by atoms with Gasteiger partial charge in [-0.2, -0.15) is 0 Å². The third-order valence-corrected chi connectivity index (χ3v) is 6.36. The van der Waals surface area contributed by atoms with E-state index in [4.69, 9.17) is 17.0 Å². The van der Waals surface area contributed by atoms with E-state index in [1.54, 1.807) is 0 Å². The molecule has 4 rings (SSSR count). The lowest BCUT2D eigenvalue weighted by atomic mass is 9.96. The number of nitrogens with zero attached hydrogens (tertiary/aromatic N) is 3. The Morgan fingerprint density at radius 2 is 1.91 bits per heavy atom. The molecule has 1 aliphatic rings. The molecule has 0 spiro atoms. The van der Waals surface area contributed by atoms with Crippen LogP contribution in [0.15, 0.2) is 60.8 Å². The number of aryl methyl sites for hydroxylation is 1. The van der Waals surface area contributed by atoms with Crippen molar-refractivity contribution in [1.82, 2.24) is 19.8 Å². The summed E-state index contributed by atoms with van der Waals surface area (Å²) in [5.74, 6) is -0.205. The third-order valence-electron chi connectivity index (χ3n) is 6.01. The Morgan fingerprint density at radius 1 is 1.16 bits per heavy atom. The Hall–Kier alpha value is -3.19. The van der Waals surface area contributed by atoms with Crippen molar-refractivity contribution in [2.45, 2.75) is 38.8 Å². The summed E-state index contributed by atoms with van der Waals surface area (Å²) in [4.78, 5) is 18.5. The monoisotopic (exact) mass is 448 g/mol. The Morgan fingerprint density at radius 3 is 2.59 bits per heavy atom. The molecule has 1 N–H and O–H groups in total. The van der Waals surface area contributed by atoms with E-state index in [0.29, 0.717) is 24.5 Å². The zero-order chi connectivity index (χ0) is 22.7. The highest BCUT2D eigenvalue weighted by molar-refractivity contribution is 7.80. The molecule has 2 aromatic heterocycles. The fraction of sp³-hybridized carbons (Fsp3) is 0.320. The predicted molar refractivity (Wildman–Crippen MR) is 129 cm³/mol. The third kappa shape index (κ3) is 4.25. The first-order chi connectivity index (χ1) is 15.5. The molecule has 0 amide bonds. The van der Waals surface area contributed by atoms with Crippen LogP contribution in [-0.4, -0.2) is 39.2 Å². The second kappa shape index (κ2) is 9.53. The number of ether oxygens (including phenoxy) is 1. The molecular formula is C25H28N4O2S. The van der Waals surface area contributed by atoms with Gasteiger partial charge < -0.3 is 19.5 Å². The number of carbonyl (C=O) groups excluding carboxylic acids is 1. The molecule has 32 heavy (non-hydrogen) atoms. The number of hydrogen-bond acceptors (Lipinski definition) is 4. The van der Waals surface area contributed by atoms with Crippen molar-refractivity contribution in [1.29, 1.82) is 0 Å². The number of thiocarbonyl (C=S) groups is 1. The number of rotatable bonds is 7. The Kier molecular flexibility index (Phi) is 6.55. The molecule has 0 saturated carbocycles. The topological polar surface area (TPSA) is 59.4 Å². The molecule has 2 atom stereocenters. The van der Waals surface area contributed by atoms with Gasteiger partial charge in [0.2, 0.25) is 0 Å².